The van der Waals surface area contributed by atoms with Crippen LogP contribution in [0, 0.1) is 17.8 Å². The van der Waals surface area contributed by atoms with Crippen LogP contribution in [0.25, 0.3) is 0 Å². The average Bonchev–Trinajstić information content (AvgIpc) is 3.05. The Kier molecular flexibility index (Phi) is 4.25. The van der Waals surface area contributed by atoms with Crippen molar-refractivity contribution in [3.8, 4) is 0 Å². The Morgan fingerprint density at radius 3 is 2.72 bits per heavy atom. The molecule has 1 heterocycles. The predicted octanol–water partition coefficient (Wildman–Crippen LogP) is 3.36. The maximum atomic E-state index is 5.82. The molecule has 0 aromatic carbocycles. The molecular formula is C16H29NO. The standard InChI is InChI=1S/C16H29NO/c1-2-17-15(11-16-4-3-7-18-16)10-14-9-12-5-6-13(14)8-12/h12-17H,2-11H2,1H3. The van der Waals surface area contributed by atoms with E-state index >= 15 is 0 Å². The van der Waals surface area contributed by atoms with Gasteiger partial charge in [0.2, 0.25) is 0 Å². The Labute approximate surface area is 112 Å². The van der Waals surface area contributed by atoms with E-state index in [4.69, 9.17) is 4.74 Å². The fraction of sp³-hybridized carbons (Fsp3) is 1.00. The zero-order chi connectivity index (χ0) is 12.4. The highest BCUT2D eigenvalue weighted by Gasteiger charge is 2.40. The van der Waals surface area contributed by atoms with E-state index in [9.17, 15) is 0 Å². The van der Waals surface area contributed by atoms with Gasteiger partial charge < -0.3 is 10.1 Å². The zero-order valence-electron chi connectivity index (χ0n) is 11.9. The maximum Gasteiger partial charge on any atom is 0.0590 e. The van der Waals surface area contributed by atoms with Crippen LogP contribution in [-0.2, 0) is 4.74 Å². The molecule has 0 aromatic rings. The molecular weight excluding hydrogens is 222 g/mol. The molecule has 0 spiro atoms. The fourth-order valence-corrected chi connectivity index (χ4v) is 4.73. The summed E-state index contributed by atoms with van der Waals surface area (Å²) in [6.45, 7) is 4.35. The van der Waals surface area contributed by atoms with Gasteiger partial charge in [-0.05, 0) is 69.2 Å². The van der Waals surface area contributed by atoms with Gasteiger partial charge in [0.1, 0.15) is 0 Å². The van der Waals surface area contributed by atoms with Gasteiger partial charge in [0.05, 0.1) is 6.10 Å². The molecule has 0 amide bonds. The third-order valence-corrected chi connectivity index (χ3v) is 5.54. The van der Waals surface area contributed by atoms with Gasteiger partial charge in [-0.2, -0.15) is 0 Å². The number of ether oxygens (including phenoxy) is 1. The second kappa shape index (κ2) is 5.92. The number of hydrogen-bond donors (Lipinski definition) is 1. The van der Waals surface area contributed by atoms with E-state index in [2.05, 4.69) is 12.2 Å². The third kappa shape index (κ3) is 2.91. The van der Waals surface area contributed by atoms with Gasteiger partial charge in [0.15, 0.2) is 0 Å². The first-order chi connectivity index (χ1) is 8.85. The topological polar surface area (TPSA) is 21.3 Å². The molecule has 2 nitrogen and oxygen atoms in total. The first-order valence-electron chi connectivity index (χ1n) is 8.20. The van der Waals surface area contributed by atoms with Crippen molar-refractivity contribution < 1.29 is 4.74 Å². The van der Waals surface area contributed by atoms with Crippen LogP contribution in [0.3, 0.4) is 0 Å². The van der Waals surface area contributed by atoms with E-state index in [-0.39, 0.29) is 0 Å². The van der Waals surface area contributed by atoms with E-state index in [1.54, 1.807) is 6.42 Å². The first-order valence-corrected chi connectivity index (χ1v) is 8.20. The van der Waals surface area contributed by atoms with E-state index in [1.807, 2.05) is 0 Å². The summed E-state index contributed by atoms with van der Waals surface area (Å²) in [6, 6.07) is 0.711. The summed E-state index contributed by atoms with van der Waals surface area (Å²) in [7, 11) is 0. The summed E-state index contributed by atoms with van der Waals surface area (Å²) in [6.07, 6.45) is 11.9. The zero-order valence-corrected chi connectivity index (χ0v) is 11.9. The van der Waals surface area contributed by atoms with Gasteiger partial charge in [0, 0.05) is 12.6 Å². The van der Waals surface area contributed by atoms with Crippen molar-refractivity contribution in [1.82, 2.24) is 5.32 Å². The molecule has 1 N–H and O–H groups in total. The summed E-state index contributed by atoms with van der Waals surface area (Å²) < 4.78 is 5.82. The highest BCUT2D eigenvalue weighted by Crippen LogP contribution is 2.50. The summed E-state index contributed by atoms with van der Waals surface area (Å²) in [5.41, 5.74) is 0. The van der Waals surface area contributed by atoms with E-state index in [1.165, 1.54) is 44.9 Å². The highest BCUT2D eigenvalue weighted by molar-refractivity contribution is 4.92. The van der Waals surface area contributed by atoms with Crippen LogP contribution in [0.4, 0.5) is 0 Å². The van der Waals surface area contributed by atoms with E-state index in [0.717, 1.165) is 30.9 Å². The maximum absolute atomic E-state index is 5.82. The fourth-order valence-electron chi connectivity index (χ4n) is 4.73. The Balaban J connectivity index is 1.49. The Bertz CT molecular complexity index is 262. The van der Waals surface area contributed by atoms with Crippen LogP contribution in [-0.4, -0.2) is 25.3 Å². The van der Waals surface area contributed by atoms with Gasteiger partial charge in [-0.1, -0.05) is 13.3 Å². The van der Waals surface area contributed by atoms with Crippen molar-refractivity contribution in [1.29, 1.82) is 0 Å². The molecule has 0 radical (unpaired) electrons. The molecule has 104 valence electrons. The molecule has 18 heavy (non-hydrogen) atoms. The molecule has 5 unspecified atom stereocenters. The molecule has 1 aliphatic heterocycles. The predicted molar refractivity (Wildman–Crippen MR) is 74.6 cm³/mol. The second-order valence-corrected chi connectivity index (χ2v) is 6.80. The number of hydrogen-bond acceptors (Lipinski definition) is 2. The van der Waals surface area contributed by atoms with E-state index < -0.39 is 0 Å². The minimum atomic E-state index is 0.549. The normalized spacial score (nSPS) is 40.5. The summed E-state index contributed by atoms with van der Waals surface area (Å²) >= 11 is 0. The number of rotatable bonds is 6. The quantitative estimate of drug-likeness (QED) is 0.781. The molecule has 0 aromatic heterocycles. The van der Waals surface area contributed by atoms with Crippen molar-refractivity contribution >= 4 is 0 Å². The van der Waals surface area contributed by atoms with Crippen molar-refractivity contribution in [3.63, 3.8) is 0 Å². The van der Waals surface area contributed by atoms with Crippen LogP contribution >= 0.6 is 0 Å². The van der Waals surface area contributed by atoms with Crippen LogP contribution in [0.2, 0.25) is 0 Å². The SMILES string of the molecule is CCNC(CC1CCCO1)CC1CC2CCC1C2. The van der Waals surface area contributed by atoms with Gasteiger partial charge >= 0.3 is 0 Å². The lowest BCUT2D eigenvalue weighted by atomic mass is 9.83. The number of fused-ring (bicyclic) bond motifs is 2. The van der Waals surface area contributed by atoms with E-state index in [0.29, 0.717) is 12.1 Å². The van der Waals surface area contributed by atoms with Crippen LogP contribution in [0.1, 0.15) is 58.3 Å². The van der Waals surface area contributed by atoms with Crippen molar-refractivity contribution in [3.05, 3.63) is 0 Å². The summed E-state index contributed by atoms with van der Waals surface area (Å²) in [4.78, 5) is 0. The molecule has 1 saturated heterocycles. The first kappa shape index (κ1) is 12.9. The summed E-state index contributed by atoms with van der Waals surface area (Å²) in [5, 5.41) is 3.72. The minimum absolute atomic E-state index is 0.549. The van der Waals surface area contributed by atoms with Crippen molar-refractivity contribution in [2.75, 3.05) is 13.2 Å². The molecule has 3 fully saturated rings. The minimum Gasteiger partial charge on any atom is -0.378 e. The third-order valence-electron chi connectivity index (χ3n) is 5.54. The van der Waals surface area contributed by atoms with Crippen LogP contribution < -0.4 is 5.32 Å². The smallest absolute Gasteiger partial charge is 0.0590 e. The number of nitrogens with one attached hydrogen (secondary N) is 1. The molecule has 2 heteroatoms. The largest absolute Gasteiger partial charge is 0.378 e. The lowest BCUT2D eigenvalue weighted by Crippen LogP contribution is -2.35. The van der Waals surface area contributed by atoms with Gasteiger partial charge in [0.25, 0.3) is 0 Å². The molecule has 5 atom stereocenters. The van der Waals surface area contributed by atoms with Gasteiger partial charge in [-0.15, -0.1) is 0 Å². The second-order valence-electron chi connectivity index (χ2n) is 6.80. The van der Waals surface area contributed by atoms with Gasteiger partial charge in [-0.25, -0.2) is 0 Å². The van der Waals surface area contributed by atoms with Crippen molar-refractivity contribution in [2.45, 2.75) is 70.4 Å². The lowest BCUT2D eigenvalue weighted by molar-refractivity contribution is 0.0899. The monoisotopic (exact) mass is 251 g/mol. The molecule has 3 aliphatic rings. The Morgan fingerprint density at radius 1 is 1.17 bits per heavy atom. The summed E-state index contributed by atoms with van der Waals surface area (Å²) in [5.74, 6) is 3.18. The van der Waals surface area contributed by atoms with Crippen molar-refractivity contribution in [2.24, 2.45) is 17.8 Å². The average molecular weight is 251 g/mol. The molecule has 2 bridgehead atoms. The van der Waals surface area contributed by atoms with Crippen LogP contribution in [0.5, 0.6) is 0 Å². The lowest BCUT2D eigenvalue weighted by Gasteiger charge is -2.28. The molecule has 2 aliphatic carbocycles. The highest BCUT2D eigenvalue weighted by atomic mass is 16.5. The van der Waals surface area contributed by atoms with Crippen LogP contribution in [0.15, 0.2) is 0 Å². The Morgan fingerprint density at radius 2 is 2.11 bits per heavy atom. The van der Waals surface area contributed by atoms with Gasteiger partial charge in [-0.3, -0.25) is 0 Å². The molecule has 3 rings (SSSR count). The Hall–Kier alpha value is -0.0800. The molecule has 2 saturated carbocycles.